The van der Waals surface area contributed by atoms with Gasteiger partial charge < -0.3 is 20.1 Å². The summed E-state index contributed by atoms with van der Waals surface area (Å²) in [5.41, 5.74) is 2.07. The van der Waals surface area contributed by atoms with E-state index < -0.39 is 0 Å². The number of benzene rings is 2. The van der Waals surface area contributed by atoms with Gasteiger partial charge in [0.2, 0.25) is 0 Å². The zero-order valence-electron chi connectivity index (χ0n) is 22.3. The van der Waals surface area contributed by atoms with Gasteiger partial charge >= 0.3 is 11.9 Å². The Balaban J connectivity index is 0.000000211. The fourth-order valence-corrected chi connectivity index (χ4v) is 4.78. The molecule has 2 aliphatic rings. The Morgan fingerprint density at radius 3 is 1.11 bits per heavy atom. The maximum atomic E-state index is 12.0. The molecule has 2 saturated carbocycles. The van der Waals surface area contributed by atoms with Crippen LogP contribution >= 0.6 is 0 Å². The number of rotatable bonds is 6. The quantitative estimate of drug-likeness (QED) is 0.513. The van der Waals surface area contributed by atoms with Gasteiger partial charge in [0.05, 0.1) is 25.3 Å². The van der Waals surface area contributed by atoms with Gasteiger partial charge in [-0.05, 0) is 74.2 Å². The predicted octanol–water partition coefficient (Wildman–Crippen LogP) is 5.07. The van der Waals surface area contributed by atoms with Gasteiger partial charge in [-0.3, -0.25) is 9.59 Å². The van der Waals surface area contributed by atoms with Crippen LogP contribution in [0.3, 0.4) is 0 Å². The molecule has 0 aliphatic heterocycles. The van der Waals surface area contributed by atoms with Crippen molar-refractivity contribution in [3.8, 4) is 0 Å². The van der Waals surface area contributed by atoms with Crippen molar-refractivity contribution in [3.05, 3.63) is 70.8 Å². The molecule has 0 aromatic heterocycles. The highest BCUT2D eigenvalue weighted by Crippen LogP contribution is 2.19. The normalized spacial score (nSPS) is 15.8. The Labute approximate surface area is 224 Å². The van der Waals surface area contributed by atoms with Gasteiger partial charge in [0, 0.05) is 23.2 Å². The van der Waals surface area contributed by atoms with Crippen LogP contribution in [0.2, 0.25) is 0 Å². The number of amides is 2. The number of nitrogens with one attached hydrogen (secondary N) is 2. The van der Waals surface area contributed by atoms with Gasteiger partial charge in [0.1, 0.15) is 0 Å². The lowest BCUT2D eigenvalue weighted by Crippen LogP contribution is -2.36. The standard InChI is InChI=1S/2C15H19NO3/c2*1-19-15(18)12-9-7-11(8-10-12)14(17)16-13-5-3-2-4-6-13/h2*7-10,13H,2-6H2,1H3,(H,16,17). The molecule has 2 amide bonds. The third kappa shape index (κ3) is 8.71. The SMILES string of the molecule is COC(=O)c1ccc(C(=O)NC2CCCCC2)cc1.COC(=O)c1ccc(C(=O)NC2CCCCC2)cc1. The van der Waals surface area contributed by atoms with Crippen LogP contribution in [-0.4, -0.2) is 50.1 Å². The van der Waals surface area contributed by atoms with Crippen LogP contribution in [0.4, 0.5) is 0 Å². The van der Waals surface area contributed by atoms with Gasteiger partial charge in [-0.1, -0.05) is 38.5 Å². The molecule has 8 heteroatoms. The average Bonchev–Trinajstić information content (AvgIpc) is 2.98. The van der Waals surface area contributed by atoms with Crippen LogP contribution in [0.1, 0.15) is 106 Å². The Hall–Kier alpha value is -3.68. The monoisotopic (exact) mass is 522 g/mol. The van der Waals surface area contributed by atoms with Crippen molar-refractivity contribution >= 4 is 23.8 Å². The molecule has 0 saturated heterocycles. The van der Waals surface area contributed by atoms with Crippen LogP contribution in [0.5, 0.6) is 0 Å². The summed E-state index contributed by atoms with van der Waals surface area (Å²) in [6, 6.07) is 13.7. The number of esters is 2. The second-order valence-electron chi connectivity index (χ2n) is 9.75. The maximum absolute atomic E-state index is 12.0. The molecule has 0 heterocycles. The number of carbonyl (C=O) groups is 4. The maximum Gasteiger partial charge on any atom is 0.337 e. The van der Waals surface area contributed by atoms with Gasteiger partial charge in [0.15, 0.2) is 0 Å². The van der Waals surface area contributed by atoms with E-state index in [4.69, 9.17) is 0 Å². The molecule has 2 N–H and O–H groups in total. The Kier molecular flexibility index (Phi) is 11.3. The first-order valence-corrected chi connectivity index (χ1v) is 13.4. The summed E-state index contributed by atoms with van der Waals surface area (Å²) in [5.74, 6) is -0.912. The van der Waals surface area contributed by atoms with E-state index in [1.54, 1.807) is 48.5 Å². The van der Waals surface area contributed by atoms with E-state index in [0.29, 0.717) is 34.3 Å². The van der Waals surface area contributed by atoms with Gasteiger partial charge in [0.25, 0.3) is 11.8 Å². The van der Waals surface area contributed by atoms with Gasteiger partial charge in [-0.25, -0.2) is 9.59 Å². The Morgan fingerprint density at radius 2 is 0.816 bits per heavy atom. The predicted molar refractivity (Wildman–Crippen MR) is 144 cm³/mol. The first-order valence-electron chi connectivity index (χ1n) is 13.4. The summed E-state index contributed by atoms with van der Waals surface area (Å²) >= 11 is 0. The fourth-order valence-electron chi connectivity index (χ4n) is 4.78. The first kappa shape index (κ1) is 28.9. The van der Waals surface area contributed by atoms with Crippen LogP contribution < -0.4 is 10.6 Å². The summed E-state index contributed by atoms with van der Waals surface area (Å²) < 4.78 is 9.24. The minimum absolute atomic E-state index is 0.0664. The van der Waals surface area contributed by atoms with E-state index in [-0.39, 0.29) is 23.8 Å². The molecule has 204 valence electrons. The zero-order valence-corrected chi connectivity index (χ0v) is 22.3. The molecular weight excluding hydrogens is 484 g/mol. The smallest absolute Gasteiger partial charge is 0.337 e. The zero-order chi connectivity index (χ0) is 27.3. The lowest BCUT2D eigenvalue weighted by molar-refractivity contribution is 0.0592. The largest absolute Gasteiger partial charge is 0.465 e. The van der Waals surface area contributed by atoms with E-state index in [9.17, 15) is 19.2 Å². The van der Waals surface area contributed by atoms with Crippen molar-refractivity contribution in [3.63, 3.8) is 0 Å². The summed E-state index contributed by atoms with van der Waals surface area (Å²) in [7, 11) is 2.68. The summed E-state index contributed by atoms with van der Waals surface area (Å²) in [6.07, 6.45) is 11.5. The number of hydrogen-bond acceptors (Lipinski definition) is 6. The summed E-state index contributed by atoms with van der Waals surface area (Å²) in [5, 5.41) is 6.09. The number of hydrogen-bond donors (Lipinski definition) is 2. The van der Waals surface area contributed by atoms with Crippen molar-refractivity contribution in [1.82, 2.24) is 10.6 Å². The minimum atomic E-state index is -0.390. The van der Waals surface area contributed by atoms with Crippen LogP contribution in [0.15, 0.2) is 48.5 Å². The van der Waals surface area contributed by atoms with E-state index in [2.05, 4.69) is 20.1 Å². The Bertz CT molecular complexity index is 981. The third-order valence-electron chi connectivity index (χ3n) is 7.02. The van der Waals surface area contributed by atoms with Crippen LogP contribution in [0, 0.1) is 0 Å². The van der Waals surface area contributed by atoms with Crippen LogP contribution in [-0.2, 0) is 9.47 Å². The molecular formula is C30H38N2O6. The highest BCUT2D eigenvalue weighted by atomic mass is 16.5. The topological polar surface area (TPSA) is 111 Å². The van der Waals surface area contributed by atoms with E-state index in [1.807, 2.05) is 0 Å². The summed E-state index contributed by atoms with van der Waals surface area (Å²) in [4.78, 5) is 46.6. The van der Waals surface area contributed by atoms with Gasteiger partial charge in [-0.15, -0.1) is 0 Å². The minimum Gasteiger partial charge on any atom is -0.465 e. The molecule has 0 atom stereocenters. The first-order chi connectivity index (χ1) is 18.4. The highest BCUT2D eigenvalue weighted by molar-refractivity contribution is 5.97. The second-order valence-corrected chi connectivity index (χ2v) is 9.75. The Morgan fingerprint density at radius 1 is 0.526 bits per heavy atom. The molecule has 0 radical (unpaired) electrons. The average molecular weight is 523 g/mol. The fraction of sp³-hybridized carbons (Fsp3) is 0.467. The third-order valence-corrected chi connectivity index (χ3v) is 7.02. The van der Waals surface area contributed by atoms with E-state index >= 15 is 0 Å². The van der Waals surface area contributed by atoms with Crippen LogP contribution in [0.25, 0.3) is 0 Å². The molecule has 2 fully saturated rings. The lowest BCUT2D eigenvalue weighted by atomic mass is 9.95. The van der Waals surface area contributed by atoms with E-state index in [0.717, 1.165) is 25.7 Å². The molecule has 2 aromatic carbocycles. The lowest BCUT2D eigenvalue weighted by Gasteiger charge is -2.22. The number of ether oxygens (including phenoxy) is 2. The highest BCUT2D eigenvalue weighted by Gasteiger charge is 2.18. The molecule has 0 spiro atoms. The molecule has 0 unspecified atom stereocenters. The van der Waals surface area contributed by atoms with Crippen molar-refractivity contribution < 1.29 is 28.7 Å². The van der Waals surface area contributed by atoms with Crippen molar-refractivity contribution in [2.24, 2.45) is 0 Å². The van der Waals surface area contributed by atoms with Gasteiger partial charge in [-0.2, -0.15) is 0 Å². The second kappa shape index (κ2) is 14.9. The van der Waals surface area contributed by atoms with Crippen molar-refractivity contribution in [2.45, 2.75) is 76.3 Å². The van der Waals surface area contributed by atoms with Crippen molar-refractivity contribution in [1.29, 1.82) is 0 Å². The molecule has 8 nitrogen and oxygen atoms in total. The van der Waals surface area contributed by atoms with E-state index in [1.165, 1.54) is 52.7 Å². The molecule has 4 rings (SSSR count). The molecule has 2 aromatic rings. The molecule has 2 aliphatic carbocycles. The number of carbonyl (C=O) groups excluding carboxylic acids is 4. The molecule has 38 heavy (non-hydrogen) atoms. The summed E-state index contributed by atoms with van der Waals surface area (Å²) in [6.45, 7) is 0. The number of methoxy groups -OCH3 is 2. The van der Waals surface area contributed by atoms with Crippen molar-refractivity contribution in [2.75, 3.05) is 14.2 Å². The molecule has 0 bridgehead atoms.